The van der Waals surface area contributed by atoms with Crippen molar-refractivity contribution in [3.63, 3.8) is 0 Å². The van der Waals surface area contributed by atoms with Gasteiger partial charge in [-0.2, -0.15) is 0 Å². The van der Waals surface area contributed by atoms with E-state index in [4.69, 9.17) is 4.74 Å². The van der Waals surface area contributed by atoms with E-state index in [0.29, 0.717) is 17.5 Å². The molecule has 0 radical (unpaired) electrons. The summed E-state index contributed by atoms with van der Waals surface area (Å²) in [5, 5.41) is 0. The van der Waals surface area contributed by atoms with Crippen molar-refractivity contribution in [3.8, 4) is 12.0 Å². The summed E-state index contributed by atoms with van der Waals surface area (Å²) in [6, 6.07) is 5.31. The summed E-state index contributed by atoms with van der Waals surface area (Å²) in [6.45, 7) is 3.54. The molecule has 3 heteroatoms. The van der Waals surface area contributed by atoms with Crippen molar-refractivity contribution in [2.75, 3.05) is 0 Å². The van der Waals surface area contributed by atoms with Gasteiger partial charge in [-0.3, -0.25) is 9.59 Å². The zero-order valence-corrected chi connectivity index (χ0v) is 9.74. The first-order chi connectivity index (χ1) is 8.20. The van der Waals surface area contributed by atoms with Crippen LogP contribution in [-0.4, -0.2) is 17.7 Å². The number of ketones is 2. The molecule has 86 valence electrons. The predicted molar refractivity (Wildman–Crippen MR) is 62.8 cm³/mol. The van der Waals surface area contributed by atoms with Crippen molar-refractivity contribution in [2.24, 2.45) is 0 Å². The first-order valence-corrected chi connectivity index (χ1v) is 5.48. The van der Waals surface area contributed by atoms with Crippen LogP contribution in [0.1, 0.15) is 40.1 Å². The van der Waals surface area contributed by atoms with Gasteiger partial charge in [0.25, 0.3) is 0 Å². The van der Waals surface area contributed by atoms with Crippen LogP contribution in [0.3, 0.4) is 0 Å². The van der Waals surface area contributed by atoms with E-state index >= 15 is 0 Å². The number of hydrogen-bond donors (Lipinski definition) is 0. The van der Waals surface area contributed by atoms with Gasteiger partial charge in [-0.25, -0.2) is 0 Å². The van der Waals surface area contributed by atoms with E-state index in [0.717, 1.165) is 5.56 Å². The fourth-order valence-electron chi connectivity index (χ4n) is 2.01. The molecule has 0 saturated heterocycles. The third-order valence-electron chi connectivity index (χ3n) is 2.80. The first-order valence-electron chi connectivity index (χ1n) is 5.48. The Morgan fingerprint density at radius 1 is 1.29 bits per heavy atom. The van der Waals surface area contributed by atoms with Crippen molar-refractivity contribution in [3.05, 3.63) is 34.9 Å². The Morgan fingerprint density at radius 3 is 2.71 bits per heavy atom. The predicted octanol–water partition coefficient (Wildman–Crippen LogP) is 1.99. The van der Waals surface area contributed by atoms with Crippen molar-refractivity contribution in [1.82, 2.24) is 0 Å². The van der Waals surface area contributed by atoms with Crippen LogP contribution in [-0.2, 0) is 11.2 Å². The Balaban J connectivity index is 2.48. The van der Waals surface area contributed by atoms with Gasteiger partial charge >= 0.3 is 0 Å². The number of ether oxygens (including phenoxy) is 1. The smallest absolute Gasteiger partial charge is 0.235 e. The summed E-state index contributed by atoms with van der Waals surface area (Å²) < 4.78 is 5.00. The van der Waals surface area contributed by atoms with Crippen LogP contribution in [0, 0.1) is 12.0 Å². The lowest BCUT2D eigenvalue weighted by molar-refractivity contribution is 0.0658. The Kier molecular flexibility index (Phi) is 2.97. The molecule has 0 heterocycles. The van der Waals surface area contributed by atoms with Gasteiger partial charge in [0.1, 0.15) is 6.11 Å². The van der Waals surface area contributed by atoms with Crippen LogP contribution in [0.5, 0.6) is 0 Å². The molecule has 0 bridgehead atoms. The van der Waals surface area contributed by atoms with Gasteiger partial charge in [0.05, 0.1) is 0 Å². The maximum absolute atomic E-state index is 12.1. The highest BCUT2D eigenvalue weighted by atomic mass is 16.5. The van der Waals surface area contributed by atoms with Crippen molar-refractivity contribution in [1.29, 1.82) is 0 Å². The first kappa shape index (κ1) is 11.4. The van der Waals surface area contributed by atoms with Gasteiger partial charge in [0.15, 0.2) is 0 Å². The Hall–Kier alpha value is -2.08. The van der Waals surface area contributed by atoms with E-state index < -0.39 is 6.10 Å². The quantitative estimate of drug-likeness (QED) is 0.574. The molecule has 0 saturated carbocycles. The normalized spacial score (nSPS) is 17.4. The highest BCUT2D eigenvalue weighted by Crippen LogP contribution is 2.27. The molecule has 1 aliphatic carbocycles. The lowest BCUT2D eigenvalue weighted by atomic mass is 10.0. The summed E-state index contributed by atoms with van der Waals surface area (Å²) in [5.74, 6) is 1.95. The summed E-state index contributed by atoms with van der Waals surface area (Å²) in [5.41, 5.74) is 1.84. The van der Waals surface area contributed by atoms with E-state index in [9.17, 15) is 9.59 Å². The standard InChI is InChI=1S/C14H12O3/c1-3-8-17-14-12(15)10-7-5-6-9(4-2)11(10)13(14)16/h5-7,14H,4H2,1-2H3. The van der Waals surface area contributed by atoms with Gasteiger partial charge in [-0.1, -0.05) is 31.0 Å². The zero-order chi connectivity index (χ0) is 12.4. The number of aryl methyl sites for hydroxylation is 1. The number of hydrogen-bond acceptors (Lipinski definition) is 3. The summed E-state index contributed by atoms with van der Waals surface area (Å²) in [7, 11) is 0. The molecular formula is C14H12O3. The van der Waals surface area contributed by atoms with E-state index in [1.165, 1.54) is 0 Å². The lowest BCUT2D eigenvalue weighted by Gasteiger charge is -2.03. The van der Waals surface area contributed by atoms with Gasteiger partial charge in [0, 0.05) is 18.1 Å². The molecule has 1 atom stereocenters. The molecule has 0 aromatic heterocycles. The Morgan fingerprint density at radius 2 is 2.06 bits per heavy atom. The number of rotatable bonds is 2. The molecular weight excluding hydrogens is 216 g/mol. The van der Waals surface area contributed by atoms with Crippen molar-refractivity contribution >= 4 is 11.6 Å². The van der Waals surface area contributed by atoms with Crippen LogP contribution < -0.4 is 0 Å². The number of carbonyl (C=O) groups is 2. The number of Topliss-reactive ketones (excluding diaryl/α,β-unsaturated/α-hetero) is 2. The molecule has 0 spiro atoms. The molecule has 1 aromatic rings. The Bertz CT molecular complexity index is 546. The second kappa shape index (κ2) is 4.42. The maximum atomic E-state index is 12.1. The molecule has 1 aromatic carbocycles. The minimum Gasteiger partial charge on any atom is -0.426 e. The van der Waals surface area contributed by atoms with Gasteiger partial charge < -0.3 is 4.74 Å². The number of carbonyl (C=O) groups excluding carboxylic acids is 2. The summed E-state index contributed by atoms with van der Waals surface area (Å²) in [4.78, 5) is 24.0. The molecule has 0 amide bonds. The van der Waals surface area contributed by atoms with Crippen LogP contribution in [0.15, 0.2) is 18.2 Å². The number of benzene rings is 1. The largest absolute Gasteiger partial charge is 0.426 e. The second-order valence-electron chi connectivity index (χ2n) is 3.77. The molecule has 0 N–H and O–H groups in total. The molecule has 0 fully saturated rings. The summed E-state index contributed by atoms with van der Waals surface area (Å²) in [6.07, 6.45) is 1.97. The van der Waals surface area contributed by atoms with E-state index in [2.05, 4.69) is 12.0 Å². The molecule has 0 aliphatic heterocycles. The molecule has 1 unspecified atom stereocenters. The minimum atomic E-state index is -1.08. The average molecular weight is 228 g/mol. The zero-order valence-electron chi connectivity index (χ0n) is 9.74. The third-order valence-corrected chi connectivity index (χ3v) is 2.80. The second-order valence-corrected chi connectivity index (χ2v) is 3.77. The highest BCUT2D eigenvalue weighted by molar-refractivity contribution is 6.29. The average Bonchev–Trinajstić information content (AvgIpc) is 2.60. The molecule has 2 rings (SSSR count). The van der Waals surface area contributed by atoms with Gasteiger partial charge in [0.2, 0.25) is 17.7 Å². The fourth-order valence-corrected chi connectivity index (χ4v) is 2.01. The topological polar surface area (TPSA) is 43.4 Å². The van der Waals surface area contributed by atoms with Crippen LogP contribution in [0.2, 0.25) is 0 Å². The molecule has 17 heavy (non-hydrogen) atoms. The minimum absolute atomic E-state index is 0.273. The lowest BCUT2D eigenvalue weighted by Crippen LogP contribution is -2.24. The van der Waals surface area contributed by atoms with E-state index in [-0.39, 0.29) is 11.6 Å². The SMILES string of the molecule is CC#COC1C(=O)c2cccc(CC)c2C1=O. The fraction of sp³-hybridized carbons (Fsp3) is 0.286. The molecule has 3 nitrogen and oxygen atoms in total. The van der Waals surface area contributed by atoms with E-state index in [1.807, 2.05) is 13.0 Å². The third kappa shape index (κ3) is 1.72. The maximum Gasteiger partial charge on any atom is 0.235 e. The highest BCUT2D eigenvalue weighted by Gasteiger charge is 2.41. The summed E-state index contributed by atoms with van der Waals surface area (Å²) >= 11 is 0. The Labute approximate surface area is 99.8 Å². The van der Waals surface area contributed by atoms with E-state index in [1.54, 1.807) is 19.1 Å². The van der Waals surface area contributed by atoms with Crippen molar-refractivity contribution in [2.45, 2.75) is 26.4 Å². The van der Waals surface area contributed by atoms with Crippen LogP contribution >= 0.6 is 0 Å². The number of fused-ring (bicyclic) bond motifs is 1. The van der Waals surface area contributed by atoms with Gasteiger partial charge in [-0.05, 0) is 12.0 Å². The monoisotopic (exact) mass is 228 g/mol. The van der Waals surface area contributed by atoms with Crippen LogP contribution in [0.4, 0.5) is 0 Å². The molecule has 1 aliphatic rings. The van der Waals surface area contributed by atoms with Crippen molar-refractivity contribution < 1.29 is 14.3 Å². The van der Waals surface area contributed by atoms with Gasteiger partial charge in [-0.15, -0.1) is 0 Å². The van der Waals surface area contributed by atoms with Crippen LogP contribution in [0.25, 0.3) is 0 Å².